The van der Waals surface area contributed by atoms with Crippen molar-refractivity contribution in [3.63, 3.8) is 0 Å². The third kappa shape index (κ3) is 2.74. The number of phenolic OH excluding ortho intramolecular Hbond substituents is 1. The van der Waals surface area contributed by atoms with Gasteiger partial charge >= 0.3 is 0 Å². The first kappa shape index (κ1) is 17.3. The smallest absolute Gasteiger partial charge is 0.235 e. The molecule has 0 saturated carbocycles. The van der Waals surface area contributed by atoms with Gasteiger partial charge in [-0.25, -0.2) is 0 Å². The second-order valence-electron chi connectivity index (χ2n) is 6.58. The minimum atomic E-state index is -0.505. The van der Waals surface area contributed by atoms with E-state index in [0.717, 1.165) is 33.7 Å². The van der Waals surface area contributed by atoms with Crippen molar-refractivity contribution in [3.05, 3.63) is 52.6 Å². The van der Waals surface area contributed by atoms with Crippen LogP contribution in [-0.4, -0.2) is 29.8 Å². The molecule has 0 aromatic heterocycles. The summed E-state index contributed by atoms with van der Waals surface area (Å²) in [7, 11) is 1.61. The summed E-state index contributed by atoms with van der Waals surface area (Å²) >= 11 is 0. The normalized spacial score (nSPS) is 19.7. The van der Waals surface area contributed by atoms with Gasteiger partial charge in [0.2, 0.25) is 5.91 Å². The zero-order valence-corrected chi connectivity index (χ0v) is 14.9. The van der Waals surface area contributed by atoms with Crippen LogP contribution >= 0.6 is 0 Å². The number of rotatable bonds is 4. The van der Waals surface area contributed by atoms with Gasteiger partial charge < -0.3 is 19.8 Å². The van der Waals surface area contributed by atoms with Crippen molar-refractivity contribution in [1.82, 2.24) is 0 Å². The Morgan fingerprint density at radius 2 is 1.84 bits per heavy atom. The Balaban J connectivity index is 2.06. The maximum Gasteiger partial charge on any atom is 0.235 e. The number of amides is 1. The predicted molar refractivity (Wildman–Crippen MR) is 96.1 cm³/mol. The molecule has 5 nitrogen and oxygen atoms in total. The first-order valence-electron chi connectivity index (χ1n) is 8.27. The van der Waals surface area contributed by atoms with Crippen molar-refractivity contribution in [2.75, 3.05) is 18.6 Å². The molecule has 1 saturated heterocycles. The van der Waals surface area contributed by atoms with E-state index in [-0.39, 0.29) is 24.3 Å². The average molecular weight is 341 g/mol. The zero-order valence-electron chi connectivity index (χ0n) is 14.9. The number of phenols is 1. The summed E-state index contributed by atoms with van der Waals surface area (Å²) in [6, 6.07) is 8.86. The van der Waals surface area contributed by atoms with Gasteiger partial charge in [0.25, 0.3) is 0 Å². The van der Waals surface area contributed by atoms with Crippen LogP contribution in [0.15, 0.2) is 30.3 Å². The molecular weight excluding hydrogens is 318 g/mol. The third-order valence-corrected chi connectivity index (χ3v) is 5.09. The van der Waals surface area contributed by atoms with E-state index < -0.39 is 5.92 Å². The molecule has 0 spiro atoms. The minimum Gasteiger partial charge on any atom is -0.508 e. The number of hydrogen-bond donors (Lipinski definition) is 2. The number of methoxy groups -OCH3 is 1. The Morgan fingerprint density at radius 1 is 1.12 bits per heavy atom. The summed E-state index contributed by atoms with van der Waals surface area (Å²) in [5.74, 6) is 0.277. The van der Waals surface area contributed by atoms with Crippen molar-refractivity contribution in [2.45, 2.75) is 26.8 Å². The molecule has 1 heterocycles. The van der Waals surface area contributed by atoms with Crippen LogP contribution in [0.4, 0.5) is 5.69 Å². The lowest BCUT2D eigenvalue weighted by atomic mass is 9.81. The molecule has 0 radical (unpaired) electrons. The van der Waals surface area contributed by atoms with E-state index in [1.165, 1.54) is 0 Å². The zero-order chi connectivity index (χ0) is 18.3. The van der Waals surface area contributed by atoms with E-state index in [2.05, 4.69) is 0 Å². The first-order chi connectivity index (χ1) is 11.9. The minimum absolute atomic E-state index is 0.127. The van der Waals surface area contributed by atoms with E-state index in [9.17, 15) is 15.0 Å². The van der Waals surface area contributed by atoms with Crippen LogP contribution in [0.3, 0.4) is 0 Å². The molecule has 0 bridgehead atoms. The summed E-state index contributed by atoms with van der Waals surface area (Å²) in [5, 5.41) is 19.7. The van der Waals surface area contributed by atoms with Crippen molar-refractivity contribution < 1.29 is 19.7 Å². The Morgan fingerprint density at radius 3 is 2.44 bits per heavy atom. The number of β-lactam (4-membered cyclic amide) rings is 1. The molecule has 0 aliphatic carbocycles. The molecule has 5 heteroatoms. The fourth-order valence-electron chi connectivity index (χ4n) is 3.37. The maximum absolute atomic E-state index is 12.6. The van der Waals surface area contributed by atoms with Gasteiger partial charge in [0.05, 0.1) is 25.7 Å². The van der Waals surface area contributed by atoms with Gasteiger partial charge in [0.15, 0.2) is 0 Å². The number of aliphatic hydroxyl groups excluding tert-OH is 1. The van der Waals surface area contributed by atoms with Crippen LogP contribution in [0.1, 0.15) is 28.3 Å². The standard InChI is InChI=1S/C20H23NO4/c1-11-5-6-14(8-17(11)23)19-16(10-22)20(24)21(19)15-7-12(2)13(3)18(9-15)25-4/h5-9,16,19,22-23H,10H2,1-4H3/t16-,19+/m0/s1. The average Bonchev–Trinajstić information content (AvgIpc) is 2.58. The molecule has 25 heavy (non-hydrogen) atoms. The maximum atomic E-state index is 12.6. The van der Waals surface area contributed by atoms with Crippen LogP contribution < -0.4 is 9.64 Å². The molecule has 3 rings (SSSR count). The summed E-state index contributed by atoms with van der Waals surface area (Å²) in [6.07, 6.45) is 0. The van der Waals surface area contributed by atoms with Crippen molar-refractivity contribution in [3.8, 4) is 11.5 Å². The van der Waals surface area contributed by atoms with Crippen LogP contribution in [0, 0.1) is 26.7 Å². The number of carbonyl (C=O) groups excluding carboxylic acids is 1. The number of hydrogen-bond acceptors (Lipinski definition) is 4. The number of aromatic hydroxyl groups is 1. The summed E-state index contributed by atoms with van der Waals surface area (Å²) in [6.45, 7) is 5.54. The highest BCUT2D eigenvalue weighted by Gasteiger charge is 2.48. The Bertz CT molecular complexity index is 831. The van der Waals surface area contributed by atoms with Crippen LogP contribution in [0.5, 0.6) is 11.5 Å². The van der Waals surface area contributed by atoms with E-state index in [1.807, 2.05) is 45.0 Å². The van der Waals surface area contributed by atoms with Gasteiger partial charge in [-0.05, 0) is 55.2 Å². The van der Waals surface area contributed by atoms with E-state index in [0.29, 0.717) is 0 Å². The first-order valence-corrected chi connectivity index (χ1v) is 8.27. The number of carbonyl (C=O) groups is 1. The Labute approximate surface area is 147 Å². The number of benzene rings is 2. The lowest BCUT2D eigenvalue weighted by Crippen LogP contribution is -2.56. The highest BCUT2D eigenvalue weighted by Crippen LogP contribution is 2.45. The molecule has 1 amide bonds. The van der Waals surface area contributed by atoms with E-state index in [1.54, 1.807) is 18.1 Å². The summed E-state index contributed by atoms with van der Waals surface area (Å²) in [4.78, 5) is 14.3. The van der Waals surface area contributed by atoms with Gasteiger partial charge in [-0.15, -0.1) is 0 Å². The van der Waals surface area contributed by atoms with E-state index in [4.69, 9.17) is 4.74 Å². The number of anilines is 1. The molecule has 1 aliphatic heterocycles. The quantitative estimate of drug-likeness (QED) is 0.839. The SMILES string of the molecule is COc1cc(N2C(=O)[C@@H](CO)[C@H]2c2ccc(C)c(O)c2)cc(C)c1C. The molecule has 2 aromatic carbocycles. The molecule has 132 valence electrons. The van der Waals surface area contributed by atoms with Crippen molar-refractivity contribution in [2.24, 2.45) is 5.92 Å². The third-order valence-electron chi connectivity index (χ3n) is 5.09. The fraction of sp³-hybridized carbons (Fsp3) is 0.350. The Hall–Kier alpha value is -2.53. The molecular formula is C20H23NO4. The summed E-state index contributed by atoms with van der Waals surface area (Å²) < 4.78 is 5.42. The molecule has 2 atom stereocenters. The van der Waals surface area contributed by atoms with Crippen LogP contribution in [0.25, 0.3) is 0 Å². The van der Waals surface area contributed by atoms with Crippen molar-refractivity contribution >= 4 is 11.6 Å². The highest BCUT2D eigenvalue weighted by molar-refractivity contribution is 6.03. The van der Waals surface area contributed by atoms with Gasteiger partial charge in [-0.1, -0.05) is 12.1 Å². The highest BCUT2D eigenvalue weighted by atomic mass is 16.5. The van der Waals surface area contributed by atoms with Gasteiger partial charge in [-0.2, -0.15) is 0 Å². The van der Waals surface area contributed by atoms with Crippen molar-refractivity contribution in [1.29, 1.82) is 0 Å². The van der Waals surface area contributed by atoms with Gasteiger partial charge in [0, 0.05) is 11.8 Å². The van der Waals surface area contributed by atoms with Gasteiger partial charge in [-0.3, -0.25) is 4.79 Å². The topological polar surface area (TPSA) is 70.0 Å². The number of ether oxygens (including phenoxy) is 1. The summed E-state index contributed by atoms with van der Waals surface area (Å²) in [5.41, 5.74) is 4.37. The molecule has 2 aromatic rings. The Kier molecular flexibility index (Phi) is 4.43. The predicted octanol–water partition coefficient (Wildman–Crippen LogP) is 3.02. The lowest BCUT2D eigenvalue weighted by Gasteiger charge is -2.47. The van der Waals surface area contributed by atoms with Gasteiger partial charge in [0.1, 0.15) is 11.5 Å². The second-order valence-corrected chi connectivity index (χ2v) is 6.58. The second kappa shape index (κ2) is 6.41. The number of aryl methyl sites for hydroxylation is 2. The lowest BCUT2D eigenvalue weighted by molar-refractivity contribution is -0.132. The molecule has 0 unspecified atom stereocenters. The number of nitrogens with zero attached hydrogens (tertiary/aromatic N) is 1. The molecule has 1 fully saturated rings. The number of aliphatic hydroxyl groups is 1. The molecule has 2 N–H and O–H groups in total. The van der Waals surface area contributed by atoms with Crippen LogP contribution in [0.2, 0.25) is 0 Å². The fourth-order valence-corrected chi connectivity index (χ4v) is 3.37. The van der Waals surface area contributed by atoms with Crippen LogP contribution in [-0.2, 0) is 4.79 Å². The monoisotopic (exact) mass is 341 g/mol. The molecule has 1 aliphatic rings. The largest absolute Gasteiger partial charge is 0.508 e. The van der Waals surface area contributed by atoms with E-state index >= 15 is 0 Å².